The van der Waals surface area contributed by atoms with Crippen LogP contribution in [-0.2, 0) is 0 Å². The minimum atomic E-state index is 0.608. The van der Waals surface area contributed by atoms with Gasteiger partial charge in [0.2, 0.25) is 0 Å². The summed E-state index contributed by atoms with van der Waals surface area (Å²) >= 11 is 0. The molecule has 0 atom stereocenters. The monoisotopic (exact) mass is 817 g/mol. The molecule has 3 aromatic heterocycles. The van der Waals surface area contributed by atoms with E-state index in [-0.39, 0.29) is 0 Å². The van der Waals surface area contributed by atoms with Crippen molar-refractivity contribution in [2.24, 2.45) is 0 Å². The molecule has 0 saturated carbocycles. The zero-order chi connectivity index (χ0) is 42.4. The highest BCUT2D eigenvalue weighted by molar-refractivity contribution is 6.18. The second kappa shape index (κ2) is 15.7. The van der Waals surface area contributed by atoms with Gasteiger partial charge in [0, 0.05) is 50.4 Å². The van der Waals surface area contributed by atoms with Crippen LogP contribution < -0.4 is 0 Å². The summed E-state index contributed by atoms with van der Waals surface area (Å²) in [5, 5.41) is 3.53. The van der Waals surface area contributed by atoms with E-state index in [0.29, 0.717) is 17.5 Å². The lowest BCUT2D eigenvalue weighted by Crippen LogP contribution is -2.02. The fourth-order valence-electron chi connectivity index (χ4n) is 9.12. The average Bonchev–Trinajstić information content (AvgIpc) is 3.97. The summed E-state index contributed by atoms with van der Waals surface area (Å²) in [5.41, 5.74) is 15.1. The minimum Gasteiger partial charge on any atom is -0.316 e. The summed E-state index contributed by atoms with van der Waals surface area (Å²) in [4.78, 5) is 15.4. The van der Waals surface area contributed by atoms with Gasteiger partial charge in [-0.05, 0) is 88.0 Å². The van der Waals surface area contributed by atoms with E-state index in [1.807, 2.05) is 36.4 Å². The molecule has 0 radical (unpaired) electrons. The van der Waals surface area contributed by atoms with Crippen LogP contribution in [0.4, 0.5) is 0 Å². The Morgan fingerprint density at radius 2 is 0.688 bits per heavy atom. The van der Waals surface area contributed by atoms with Crippen molar-refractivity contribution in [2.45, 2.75) is 0 Å². The zero-order valence-electron chi connectivity index (χ0n) is 34.8. The lowest BCUT2D eigenvalue weighted by molar-refractivity contribution is 1.07. The predicted molar refractivity (Wildman–Crippen MR) is 264 cm³/mol. The first-order valence-corrected chi connectivity index (χ1v) is 21.6. The van der Waals surface area contributed by atoms with E-state index in [0.717, 1.165) is 61.1 Å². The molecule has 0 fully saturated rings. The Bertz CT molecular complexity index is 3520. The van der Waals surface area contributed by atoms with Gasteiger partial charge in [0.15, 0.2) is 17.5 Å². The van der Waals surface area contributed by atoms with Crippen LogP contribution in [0, 0.1) is 0 Å². The van der Waals surface area contributed by atoms with E-state index >= 15 is 0 Å². The molecule has 9 aromatic carbocycles. The lowest BCUT2D eigenvalue weighted by Gasteiger charge is -2.15. The van der Waals surface area contributed by atoms with E-state index in [2.05, 4.69) is 209 Å². The molecule has 12 rings (SSSR count). The SMILES string of the molecule is c1ccc(-c2cc(-c3ccccc3)cc(-n3ccc4c3ccc3c5ccccc5n(-c5cc(-c6ccccc6)cc(-c6nc(-c7ccccc7)nc(-c7ccccc7)n6)c5)c34)c2)cc1. The molecule has 12 aromatic rings. The van der Waals surface area contributed by atoms with Crippen LogP contribution in [0.2, 0.25) is 0 Å². The molecule has 0 amide bonds. The molecule has 5 nitrogen and oxygen atoms in total. The highest BCUT2D eigenvalue weighted by Gasteiger charge is 2.20. The maximum Gasteiger partial charge on any atom is 0.164 e. The standard InChI is InChI=1S/C59H39N5/c1-6-18-40(19-7-1)45-34-46(41-20-8-2-9-21-41)37-49(36-45)63-33-32-53-54(63)31-30-52-51-28-16-17-29-55(51)64(56(52)53)50-38-47(42-22-10-3-11-23-42)35-48(39-50)59-61-57(43-24-12-4-13-25-43)60-58(62-59)44-26-14-5-15-27-44/h1-39H. The van der Waals surface area contributed by atoms with Gasteiger partial charge < -0.3 is 9.13 Å². The van der Waals surface area contributed by atoms with Crippen LogP contribution in [0.15, 0.2) is 237 Å². The summed E-state index contributed by atoms with van der Waals surface area (Å²) < 4.78 is 4.77. The van der Waals surface area contributed by atoms with Gasteiger partial charge in [-0.25, -0.2) is 15.0 Å². The van der Waals surface area contributed by atoms with Crippen LogP contribution in [0.1, 0.15) is 0 Å². The first-order chi connectivity index (χ1) is 31.7. The molecule has 5 heteroatoms. The van der Waals surface area contributed by atoms with Gasteiger partial charge in [0.25, 0.3) is 0 Å². The van der Waals surface area contributed by atoms with E-state index < -0.39 is 0 Å². The van der Waals surface area contributed by atoms with Gasteiger partial charge in [-0.3, -0.25) is 0 Å². The molecule has 300 valence electrons. The Balaban J connectivity index is 1.10. The second-order valence-electron chi connectivity index (χ2n) is 16.1. The third-order valence-corrected chi connectivity index (χ3v) is 12.2. The Morgan fingerprint density at radius 3 is 1.22 bits per heavy atom. The highest BCUT2D eigenvalue weighted by Crippen LogP contribution is 2.41. The van der Waals surface area contributed by atoms with Gasteiger partial charge in [-0.15, -0.1) is 0 Å². The molecule has 0 aliphatic carbocycles. The number of para-hydroxylation sites is 1. The number of hydrogen-bond donors (Lipinski definition) is 0. The van der Waals surface area contributed by atoms with Gasteiger partial charge in [-0.1, -0.05) is 176 Å². The highest BCUT2D eigenvalue weighted by atomic mass is 15.0. The molecule has 0 unspecified atom stereocenters. The fourth-order valence-corrected chi connectivity index (χ4v) is 9.12. The van der Waals surface area contributed by atoms with Crippen molar-refractivity contribution < 1.29 is 0 Å². The average molecular weight is 818 g/mol. The number of fused-ring (bicyclic) bond motifs is 5. The van der Waals surface area contributed by atoms with Crippen molar-refractivity contribution in [1.82, 2.24) is 24.1 Å². The zero-order valence-corrected chi connectivity index (χ0v) is 34.8. The van der Waals surface area contributed by atoms with E-state index in [4.69, 9.17) is 15.0 Å². The first kappa shape index (κ1) is 37.1. The maximum atomic E-state index is 5.19. The summed E-state index contributed by atoms with van der Waals surface area (Å²) in [6, 6.07) is 81.4. The van der Waals surface area contributed by atoms with Crippen molar-refractivity contribution in [3.63, 3.8) is 0 Å². The van der Waals surface area contributed by atoms with E-state index in [1.165, 1.54) is 33.0 Å². The second-order valence-corrected chi connectivity index (χ2v) is 16.1. The molecule has 0 bridgehead atoms. The van der Waals surface area contributed by atoms with Crippen molar-refractivity contribution in [3.05, 3.63) is 237 Å². The quantitative estimate of drug-likeness (QED) is 0.153. The summed E-state index contributed by atoms with van der Waals surface area (Å²) in [5.74, 6) is 1.86. The van der Waals surface area contributed by atoms with Crippen LogP contribution in [0.5, 0.6) is 0 Å². The van der Waals surface area contributed by atoms with Crippen LogP contribution >= 0.6 is 0 Å². The van der Waals surface area contributed by atoms with E-state index in [9.17, 15) is 0 Å². The summed E-state index contributed by atoms with van der Waals surface area (Å²) in [6.45, 7) is 0. The third kappa shape index (κ3) is 6.64. The lowest BCUT2D eigenvalue weighted by atomic mass is 9.98. The topological polar surface area (TPSA) is 48.5 Å². The van der Waals surface area contributed by atoms with Crippen LogP contribution in [0.25, 0.3) is 112 Å². The molecule has 0 N–H and O–H groups in total. The van der Waals surface area contributed by atoms with Crippen LogP contribution in [-0.4, -0.2) is 24.1 Å². The van der Waals surface area contributed by atoms with Crippen molar-refractivity contribution in [1.29, 1.82) is 0 Å². The molecule has 0 aliphatic rings. The van der Waals surface area contributed by atoms with Crippen molar-refractivity contribution in [3.8, 4) is 78.9 Å². The third-order valence-electron chi connectivity index (χ3n) is 12.2. The largest absolute Gasteiger partial charge is 0.316 e. The minimum absolute atomic E-state index is 0.608. The fraction of sp³-hybridized carbons (Fsp3) is 0. The molecule has 0 aliphatic heterocycles. The van der Waals surface area contributed by atoms with Crippen molar-refractivity contribution >= 4 is 32.7 Å². The molecule has 64 heavy (non-hydrogen) atoms. The predicted octanol–water partition coefficient (Wildman–Crippen LogP) is 14.9. The molecular weight excluding hydrogens is 779 g/mol. The number of hydrogen-bond acceptors (Lipinski definition) is 3. The Morgan fingerprint density at radius 1 is 0.266 bits per heavy atom. The first-order valence-electron chi connectivity index (χ1n) is 21.6. The van der Waals surface area contributed by atoms with E-state index in [1.54, 1.807) is 0 Å². The van der Waals surface area contributed by atoms with Crippen molar-refractivity contribution in [2.75, 3.05) is 0 Å². The van der Waals surface area contributed by atoms with Gasteiger partial charge >= 0.3 is 0 Å². The number of aromatic nitrogens is 5. The van der Waals surface area contributed by atoms with Crippen LogP contribution in [0.3, 0.4) is 0 Å². The summed E-state index contributed by atoms with van der Waals surface area (Å²) in [6.07, 6.45) is 2.22. The number of rotatable bonds is 8. The molecular formula is C59H39N5. The summed E-state index contributed by atoms with van der Waals surface area (Å²) in [7, 11) is 0. The maximum absolute atomic E-state index is 5.19. The number of benzene rings is 9. The molecule has 0 saturated heterocycles. The molecule has 3 heterocycles. The number of nitrogens with zero attached hydrogens (tertiary/aromatic N) is 5. The Labute approximate surface area is 370 Å². The Hall–Kier alpha value is -8.67. The van der Waals surface area contributed by atoms with Gasteiger partial charge in [0.1, 0.15) is 0 Å². The Kier molecular flexibility index (Phi) is 9.08. The van der Waals surface area contributed by atoms with Gasteiger partial charge in [0.05, 0.1) is 16.6 Å². The normalized spacial score (nSPS) is 11.4. The van der Waals surface area contributed by atoms with Gasteiger partial charge in [-0.2, -0.15) is 0 Å². The smallest absolute Gasteiger partial charge is 0.164 e. The molecule has 0 spiro atoms.